The molecular formula is C24H17BrN4O8. The van der Waals surface area contributed by atoms with Crippen LogP contribution in [0.4, 0.5) is 22.7 Å². The molecule has 0 N–H and O–H groups in total. The Balaban J connectivity index is 1.58. The summed E-state index contributed by atoms with van der Waals surface area (Å²) in [5, 5.41) is 23.7. The van der Waals surface area contributed by atoms with Crippen molar-refractivity contribution in [3.8, 4) is 5.75 Å². The first-order chi connectivity index (χ1) is 17.7. The van der Waals surface area contributed by atoms with E-state index in [1.54, 1.807) is 24.3 Å². The van der Waals surface area contributed by atoms with E-state index in [4.69, 9.17) is 9.57 Å². The number of amides is 2. The van der Waals surface area contributed by atoms with Crippen LogP contribution in [0.25, 0.3) is 0 Å². The smallest absolute Gasteiger partial charge is 0.271 e. The SMILES string of the molecule is COc1ccc([C@H]2[C@H]3C(=O)N(c4ccc([N+](=O)[O-])cc4)C(=O)[C@H]3ON2c2cccc([N+](=O)[O-])c2)cc1Br. The van der Waals surface area contributed by atoms with E-state index in [0.717, 1.165) is 4.90 Å². The van der Waals surface area contributed by atoms with E-state index in [-0.39, 0.29) is 17.1 Å². The van der Waals surface area contributed by atoms with Gasteiger partial charge >= 0.3 is 0 Å². The van der Waals surface area contributed by atoms with Gasteiger partial charge in [-0.05, 0) is 51.8 Å². The largest absolute Gasteiger partial charge is 0.496 e. The maximum absolute atomic E-state index is 13.7. The summed E-state index contributed by atoms with van der Waals surface area (Å²) in [7, 11) is 1.51. The summed E-state index contributed by atoms with van der Waals surface area (Å²) in [4.78, 5) is 55.3. The quantitative estimate of drug-likeness (QED) is 0.241. The van der Waals surface area contributed by atoms with Gasteiger partial charge in [-0.25, -0.2) is 9.96 Å². The molecule has 0 bridgehead atoms. The molecule has 12 nitrogen and oxygen atoms in total. The molecule has 2 aliphatic heterocycles. The van der Waals surface area contributed by atoms with Gasteiger partial charge in [-0.2, -0.15) is 0 Å². The van der Waals surface area contributed by atoms with Gasteiger partial charge in [0.15, 0.2) is 6.10 Å². The van der Waals surface area contributed by atoms with Gasteiger partial charge in [0, 0.05) is 24.3 Å². The highest BCUT2D eigenvalue weighted by Crippen LogP contribution is 2.48. The highest BCUT2D eigenvalue weighted by molar-refractivity contribution is 9.10. The molecule has 188 valence electrons. The molecular weight excluding hydrogens is 552 g/mol. The standard InChI is InChI=1S/C24H17BrN4O8/c1-36-19-10-5-13(11-18(19)25)21-20-22(37-27(21)16-3-2-4-17(12-16)29(34)35)24(31)26(23(20)30)14-6-8-15(9-7-14)28(32)33/h2-12,20-22H,1H3/t20-,21+,22+/m1/s1. The number of nitrogens with zero attached hydrogens (tertiary/aromatic N) is 4. The summed E-state index contributed by atoms with van der Waals surface area (Å²) >= 11 is 3.44. The summed E-state index contributed by atoms with van der Waals surface area (Å²) in [6, 6.07) is 15.1. The van der Waals surface area contributed by atoms with E-state index in [9.17, 15) is 29.8 Å². The lowest BCUT2D eigenvalue weighted by Crippen LogP contribution is -2.37. The summed E-state index contributed by atoms with van der Waals surface area (Å²) in [6.45, 7) is 0. The molecule has 3 aromatic carbocycles. The fourth-order valence-corrected chi connectivity index (χ4v) is 5.12. The monoisotopic (exact) mass is 568 g/mol. The number of carbonyl (C=O) groups is 2. The van der Waals surface area contributed by atoms with Crippen molar-refractivity contribution in [3.63, 3.8) is 0 Å². The third-order valence-corrected chi connectivity index (χ3v) is 6.87. The summed E-state index contributed by atoms with van der Waals surface area (Å²) in [5.74, 6) is -1.66. The van der Waals surface area contributed by atoms with Gasteiger partial charge in [-0.15, -0.1) is 0 Å². The van der Waals surface area contributed by atoms with Crippen LogP contribution < -0.4 is 14.7 Å². The molecule has 37 heavy (non-hydrogen) atoms. The van der Waals surface area contributed by atoms with Crippen LogP contribution in [-0.4, -0.2) is 34.9 Å². The zero-order valence-corrected chi connectivity index (χ0v) is 20.6. The molecule has 2 amide bonds. The van der Waals surface area contributed by atoms with Gasteiger partial charge in [0.25, 0.3) is 17.3 Å². The number of hydrogen-bond acceptors (Lipinski definition) is 9. The van der Waals surface area contributed by atoms with E-state index in [1.165, 1.54) is 54.6 Å². The third-order valence-electron chi connectivity index (χ3n) is 6.25. The number of ether oxygens (including phenoxy) is 1. The number of halogens is 1. The van der Waals surface area contributed by atoms with Crippen molar-refractivity contribution in [3.05, 3.63) is 97.0 Å². The number of anilines is 2. The first kappa shape index (κ1) is 24.3. The Kier molecular flexibility index (Phi) is 6.09. The van der Waals surface area contributed by atoms with Crippen molar-refractivity contribution in [1.82, 2.24) is 0 Å². The predicted molar refractivity (Wildman–Crippen MR) is 133 cm³/mol. The van der Waals surface area contributed by atoms with E-state index in [0.29, 0.717) is 21.5 Å². The van der Waals surface area contributed by atoms with Crippen molar-refractivity contribution >= 4 is 50.5 Å². The Labute approximate surface area is 217 Å². The van der Waals surface area contributed by atoms with Gasteiger partial charge in [-0.1, -0.05) is 12.1 Å². The molecule has 2 aliphatic rings. The number of benzene rings is 3. The first-order valence-corrected chi connectivity index (χ1v) is 11.7. The van der Waals surface area contributed by atoms with E-state index >= 15 is 0 Å². The van der Waals surface area contributed by atoms with E-state index in [1.807, 2.05) is 0 Å². The zero-order valence-electron chi connectivity index (χ0n) is 19.0. The number of hydrogen-bond donors (Lipinski definition) is 0. The molecule has 0 aromatic heterocycles. The van der Waals surface area contributed by atoms with Gasteiger partial charge < -0.3 is 4.74 Å². The fourth-order valence-electron chi connectivity index (χ4n) is 4.57. The summed E-state index contributed by atoms with van der Waals surface area (Å²) in [5.41, 5.74) is 0.701. The molecule has 2 heterocycles. The highest BCUT2D eigenvalue weighted by atomic mass is 79.9. The van der Waals surface area contributed by atoms with Crippen LogP contribution in [0.15, 0.2) is 71.2 Å². The minimum Gasteiger partial charge on any atom is -0.496 e. The lowest BCUT2D eigenvalue weighted by molar-refractivity contribution is -0.385. The van der Waals surface area contributed by atoms with Gasteiger partial charge in [0.05, 0.1) is 38.8 Å². The topological polar surface area (TPSA) is 145 Å². The van der Waals surface area contributed by atoms with Crippen LogP contribution in [0.2, 0.25) is 0 Å². The number of hydroxylamine groups is 1. The predicted octanol–water partition coefficient (Wildman–Crippen LogP) is 4.33. The molecule has 3 atom stereocenters. The normalized spacial score (nSPS) is 20.8. The van der Waals surface area contributed by atoms with Crippen LogP contribution >= 0.6 is 15.9 Å². The van der Waals surface area contributed by atoms with E-state index < -0.39 is 39.7 Å². The molecule has 0 saturated carbocycles. The number of non-ortho nitro benzene ring substituents is 2. The second kappa shape index (κ2) is 9.26. The second-order valence-corrected chi connectivity index (χ2v) is 9.13. The van der Waals surface area contributed by atoms with Crippen LogP contribution in [-0.2, 0) is 14.4 Å². The third kappa shape index (κ3) is 4.07. The minimum atomic E-state index is -1.21. The maximum Gasteiger partial charge on any atom is 0.271 e. The van der Waals surface area contributed by atoms with Crippen molar-refractivity contribution in [2.75, 3.05) is 17.1 Å². The Morgan fingerprint density at radius 1 is 0.892 bits per heavy atom. The van der Waals surface area contributed by atoms with Gasteiger partial charge in [0.2, 0.25) is 5.91 Å². The molecule has 2 fully saturated rings. The highest BCUT2D eigenvalue weighted by Gasteiger charge is 2.60. The minimum absolute atomic E-state index is 0.176. The Morgan fingerprint density at radius 3 is 2.22 bits per heavy atom. The lowest BCUT2D eigenvalue weighted by Gasteiger charge is -2.29. The summed E-state index contributed by atoms with van der Waals surface area (Å²) in [6.07, 6.45) is -1.21. The number of carbonyl (C=O) groups excluding carboxylic acids is 2. The number of imide groups is 1. The number of nitro groups is 2. The first-order valence-electron chi connectivity index (χ1n) is 10.9. The van der Waals surface area contributed by atoms with Crippen molar-refractivity contribution in [2.45, 2.75) is 12.1 Å². The van der Waals surface area contributed by atoms with Crippen molar-refractivity contribution in [2.24, 2.45) is 5.92 Å². The Morgan fingerprint density at radius 2 is 1.59 bits per heavy atom. The zero-order chi connectivity index (χ0) is 26.4. The van der Waals surface area contributed by atoms with Crippen LogP contribution in [0.5, 0.6) is 5.75 Å². The molecule has 2 saturated heterocycles. The van der Waals surface area contributed by atoms with Crippen LogP contribution in [0.3, 0.4) is 0 Å². The Bertz CT molecular complexity index is 1450. The van der Waals surface area contributed by atoms with Crippen LogP contribution in [0, 0.1) is 26.1 Å². The lowest BCUT2D eigenvalue weighted by atomic mass is 9.90. The average molecular weight is 569 g/mol. The van der Waals surface area contributed by atoms with Crippen molar-refractivity contribution in [1.29, 1.82) is 0 Å². The molecule has 3 aromatic rings. The summed E-state index contributed by atoms with van der Waals surface area (Å²) < 4.78 is 5.89. The fraction of sp³-hybridized carbons (Fsp3) is 0.167. The van der Waals surface area contributed by atoms with Crippen molar-refractivity contribution < 1.29 is 29.0 Å². The Hall–Kier alpha value is -4.36. The van der Waals surface area contributed by atoms with E-state index in [2.05, 4.69) is 15.9 Å². The van der Waals surface area contributed by atoms with Gasteiger partial charge in [0.1, 0.15) is 11.7 Å². The van der Waals surface area contributed by atoms with Gasteiger partial charge in [-0.3, -0.25) is 34.7 Å². The molecule has 5 rings (SSSR count). The molecule has 0 unspecified atom stereocenters. The molecule has 0 aliphatic carbocycles. The van der Waals surface area contributed by atoms with Crippen LogP contribution in [0.1, 0.15) is 11.6 Å². The molecule has 0 spiro atoms. The second-order valence-electron chi connectivity index (χ2n) is 8.28. The number of nitro benzene ring substituents is 2. The molecule has 13 heteroatoms. The molecule has 0 radical (unpaired) electrons. The number of fused-ring (bicyclic) bond motifs is 1. The average Bonchev–Trinajstić information content (AvgIpc) is 3.40. The maximum atomic E-state index is 13.7. The number of methoxy groups -OCH3 is 1. The number of rotatable bonds is 6.